The van der Waals surface area contributed by atoms with Gasteiger partial charge in [0.1, 0.15) is 11.3 Å². The number of benzene rings is 1. The van der Waals surface area contributed by atoms with Crippen molar-refractivity contribution in [3.8, 4) is 0 Å². The summed E-state index contributed by atoms with van der Waals surface area (Å²) in [5, 5.41) is 2.69. The highest BCUT2D eigenvalue weighted by Crippen LogP contribution is 2.24. The average molecular weight is 299 g/mol. The molecule has 0 atom stereocenters. The number of fused-ring (bicyclic) bond motifs is 1. The highest BCUT2D eigenvalue weighted by molar-refractivity contribution is 6.03. The fraction of sp³-hybridized carbons (Fsp3) is 0.188. The van der Waals surface area contributed by atoms with Gasteiger partial charge in [-0.05, 0) is 36.8 Å². The van der Waals surface area contributed by atoms with Crippen molar-refractivity contribution in [3.63, 3.8) is 0 Å². The van der Waals surface area contributed by atoms with Crippen LogP contribution in [-0.4, -0.2) is 24.3 Å². The largest absolute Gasteiger partial charge is 0.469 e. The van der Waals surface area contributed by atoms with Crippen molar-refractivity contribution in [1.29, 1.82) is 0 Å². The fourth-order valence-corrected chi connectivity index (χ4v) is 2.29. The zero-order valence-electron chi connectivity index (χ0n) is 11.8. The summed E-state index contributed by atoms with van der Waals surface area (Å²) in [4.78, 5) is 35.2. The van der Waals surface area contributed by atoms with Gasteiger partial charge in [0.2, 0.25) is 5.91 Å². The van der Waals surface area contributed by atoms with E-state index < -0.39 is 5.97 Å². The molecule has 0 saturated carbocycles. The predicted molar refractivity (Wildman–Crippen MR) is 76.8 cm³/mol. The maximum absolute atomic E-state index is 12.1. The summed E-state index contributed by atoms with van der Waals surface area (Å²) < 4.78 is 10.0. The Kier molecular flexibility index (Phi) is 3.50. The first-order valence-corrected chi connectivity index (χ1v) is 6.72. The van der Waals surface area contributed by atoms with Crippen LogP contribution in [-0.2, 0) is 16.0 Å². The van der Waals surface area contributed by atoms with Crippen LogP contribution in [0.2, 0.25) is 0 Å². The van der Waals surface area contributed by atoms with Gasteiger partial charge >= 0.3 is 5.97 Å². The maximum Gasteiger partial charge on any atom is 0.342 e. The van der Waals surface area contributed by atoms with E-state index in [2.05, 4.69) is 5.32 Å². The quantitative estimate of drug-likeness (QED) is 0.690. The van der Waals surface area contributed by atoms with Gasteiger partial charge in [-0.1, -0.05) is 0 Å². The van der Waals surface area contributed by atoms with E-state index in [1.165, 1.54) is 12.3 Å². The zero-order chi connectivity index (χ0) is 15.7. The van der Waals surface area contributed by atoms with Crippen LogP contribution >= 0.6 is 0 Å². The fourth-order valence-electron chi connectivity index (χ4n) is 2.29. The molecule has 3 rings (SSSR count). The number of carbonyl (C=O) groups is 3. The predicted octanol–water partition coefficient (Wildman–Crippen LogP) is 2.12. The van der Waals surface area contributed by atoms with Crippen LogP contribution < -0.4 is 5.32 Å². The summed E-state index contributed by atoms with van der Waals surface area (Å²) in [7, 11) is 0. The third kappa shape index (κ3) is 2.63. The number of ketones is 1. The average Bonchev–Trinajstić information content (AvgIpc) is 3.08. The third-order valence-electron chi connectivity index (χ3n) is 3.47. The number of esters is 1. The van der Waals surface area contributed by atoms with Crippen molar-refractivity contribution < 1.29 is 23.5 Å². The normalized spacial score (nSPS) is 12.7. The molecule has 1 aliphatic rings. The molecule has 1 aromatic heterocycles. The summed E-state index contributed by atoms with van der Waals surface area (Å²) in [5.74, 6) is -0.574. The number of carbonyl (C=O) groups excluding carboxylic acids is 3. The van der Waals surface area contributed by atoms with Gasteiger partial charge in [-0.2, -0.15) is 0 Å². The van der Waals surface area contributed by atoms with E-state index in [1.54, 1.807) is 25.1 Å². The van der Waals surface area contributed by atoms with Gasteiger partial charge in [0.05, 0.1) is 12.7 Å². The molecule has 0 spiro atoms. The molecule has 0 unspecified atom stereocenters. The number of Topliss-reactive ketones (excluding diaryl/α,β-unsaturated/α-hetero) is 1. The van der Waals surface area contributed by atoms with Crippen LogP contribution in [0.15, 0.2) is 34.9 Å². The summed E-state index contributed by atoms with van der Waals surface area (Å²) >= 11 is 0. The molecule has 22 heavy (non-hydrogen) atoms. The van der Waals surface area contributed by atoms with Crippen molar-refractivity contribution in [2.45, 2.75) is 13.3 Å². The second kappa shape index (κ2) is 5.48. The Morgan fingerprint density at radius 2 is 2.14 bits per heavy atom. The number of rotatable bonds is 4. The molecule has 0 fully saturated rings. The molecule has 6 nitrogen and oxygen atoms in total. The number of furan rings is 1. The van der Waals surface area contributed by atoms with Crippen LogP contribution in [0.5, 0.6) is 0 Å². The van der Waals surface area contributed by atoms with E-state index in [1.807, 2.05) is 0 Å². The molecular weight excluding hydrogens is 286 g/mol. The Balaban J connectivity index is 1.66. The smallest absolute Gasteiger partial charge is 0.342 e. The van der Waals surface area contributed by atoms with Gasteiger partial charge < -0.3 is 14.5 Å². The first-order valence-electron chi connectivity index (χ1n) is 6.72. The van der Waals surface area contributed by atoms with Crippen molar-refractivity contribution in [3.05, 3.63) is 53.0 Å². The van der Waals surface area contributed by atoms with E-state index in [9.17, 15) is 14.4 Å². The molecule has 1 N–H and O–H groups in total. The molecule has 1 aliphatic heterocycles. The third-order valence-corrected chi connectivity index (χ3v) is 3.47. The summed E-state index contributed by atoms with van der Waals surface area (Å²) in [6, 6.07) is 6.42. The minimum absolute atomic E-state index is 0.0959. The Morgan fingerprint density at radius 1 is 1.32 bits per heavy atom. The minimum atomic E-state index is -0.599. The lowest BCUT2D eigenvalue weighted by molar-refractivity contribution is -0.115. The van der Waals surface area contributed by atoms with E-state index in [0.29, 0.717) is 22.6 Å². The lowest BCUT2D eigenvalue weighted by atomic mass is 10.1. The number of nitrogens with one attached hydrogen (secondary N) is 1. The second-order valence-corrected chi connectivity index (χ2v) is 4.99. The van der Waals surface area contributed by atoms with Crippen molar-refractivity contribution in [2.75, 3.05) is 11.9 Å². The first-order chi connectivity index (χ1) is 10.5. The lowest BCUT2D eigenvalue weighted by Gasteiger charge is -2.05. The highest BCUT2D eigenvalue weighted by atomic mass is 16.5. The summed E-state index contributed by atoms with van der Waals surface area (Å²) in [6.45, 7) is 1.28. The van der Waals surface area contributed by atoms with Crippen molar-refractivity contribution in [1.82, 2.24) is 0 Å². The SMILES string of the molecule is Cc1occc1C(=O)OCC(=O)c1ccc2c(c1)CC(=O)N2. The minimum Gasteiger partial charge on any atom is -0.469 e. The molecular formula is C16H13NO5. The molecule has 0 aliphatic carbocycles. The standard InChI is InChI=1S/C16H13NO5/c1-9-12(4-5-21-9)16(20)22-8-14(18)10-2-3-13-11(6-10)7-15(19)17-13/h2-6H,7-8H2,1H3,(H,17,19). The monoisotopic (exact) mass is 299 g/mol. The van der Waals surface area contributed by atoms with Gasteiger partial charge in [0.15, 0.2) is 12.4 Å². The summed E-state index contributed by atoms with van der Waals surface area (Å²) in [6.07, 6.45) is 1.64. The van der Waals surface area contributed by atoms with Crippen LogP contribution in [0.1, 0.15) is 32.0 Å². The van der Waals surface area contributed by atoms with Gasteiger partial charge in [-0.25, -0.2) is 4.79 Å². The van der Waals surface area contributed by atoms with E-state index in [0.717, 1.165) is 5.56 Å². The first kappa shape index (κ1) is 14.1. The number of hydrogen-bond acceptors (Lipinski definition) is 5. The molecule has 2 heterocycles. The molecule has 1 aromatic carbocycles. The van der Waals surface area contributed by atoms with Gasteiger partial charge in [0.25, 0.3) is 0 Å². The van der Waals surface area contributed by atoms with Crippen molar-refractivity contribution in [2.24, 2.45) is 0 Å². The molecule has 6 heteroatoms. The Labute approximate surface area is 126 Å². The van der Waals surface area contributed by atoms with Crippen LogP contribution in [0.4, 0.5) is 5.69 Å². The Bertz CT molecular complexity index is 775. The van der Waals surface area contributed by atoms with E-state index >= 15 is 0 Å². The molecule has 112 valence electrons. The molecule has 0 saturated heterocycles. The molecule has 0 bridgehead atoms. The van der Waals surface area contributed by atoms with Crippen LogP contribution in [0.3, 0.4) is 0 Å². The van der Waals surface area contributed by atoms with E-state index in [-0.39, 0.29) is 24.7 Å². The zero-order valence-corrected chi connectivity index (χ0v) is 11.8. The molecule has 2 aromatic rings. The number of amides is 1. The second-order valence-electron chi connectivity index (χ2n) is 4.99. The topological polar surface area (TPSA) is 85.6 Å². The molecule has 0 radical (unpaired) electrons. The van der Waals surface area contributed by atoms with Gasteiger partial charge in [-0.15, -0.1) is 0 Å². The Hall–Kier alpha value is -2.89. The van der Waals surface area contributed by atoms with Gasteiger partial charge in [-0.3, -0.25) is 9.59 Å². The summed E-state index contributed by atoms with van der Waals surface area (Å²) in [5.41, 5.74) is 2.20. The van der Waals surface area contributed by atoms with Crippen LogP contribution in [0.25, 0.3) is 0 Å². The van der Waals surface area contributed by atoms with E-state index in [4.69, 9.17) is 9.15 Å². The number of anilines is 1. The molecule has 1 amide bonds. The maximum atomic E-state index is 12.1. The number of ether oxygens (including phenoxy) is 1. The highest BCUT2D eigenvalue weighted by Gasteiger charge is 2.20. The lowest BCUT2D eigenvalue weighted by Crippen LogP contribution is -2.14. The Morgan fingerprint density at radius 3 is 2.86 bits per heavy atom. The van der Waals surface area contributed by atoms with Crippen LogP contribution in [0, 0.1) is 6.92 Å². The van der Waals surface area contributed by atoms with Gasteiger partial charge in [0, 0.05) is 11.3 Å². The van der Waals surface area contributed by atoms with Crippen molar-refractivity contribution >= 4 is 23.3 Å². The number of hydrogen-bond donors (Lipinski definition) is 1. The number of aryl methyl sites for hydroxylation is 1.